The minimum atomic E-state index is -0.565. The SMILES string of the molecule is CNC(=O)NC(=O)C(C)Sc1nnc2c(Cl)cc(Cl)cn12. The van der Waals surface area contributed by atoms with Crippen LogP contribution in [0.1, 0.15) is 6.92 Å². The largest absolute Gasteiger partial charge is 0.341 e. The van der Waals surface area contributed by atoms with E-state index in [0.29, 0.717) is 20.8 Å². The topological polar surface area (TPSA) is 88.4 Å². The van der Waals surface area contributed by atoms with Crippen molar-refractivity contribution in [2.45, 2.75) is 17.3 Å². The molecule has 0 saturated carbocycles. The number of hydrogen-bond donors (Lipinski definition) is 2. The molecule has 0 radical (unpaired) electrons. The average Bonchev–Trinajstić information content (AvgIpc) is 2.81. The molecule has 2 heterocycles. The Morgan fingerprint density at radius 1 is 1.38 bits per heavy atom. The van der Waals surface area contributed by atoms with Crippen LogP contribution in [-0.2, 0) is 4.79 Å². The van der Waals surface area contributed by atoms with Gasteiger partial charge in [0.25, 0.3) is 0 Å². The van der Waals surface area contributed by atoms with Crippen LogP contribution in [0.3, 0.4) is 0 Å². The van der Waals surface area contributed by atoms with Gasteiger partial charge in [0.2, 0.25) is 5.91 Å². The highest BCUT2D eigenvalue weighted by Gasteiger charge is 2.20. The predicted molar refractivity (Wildman–Crippen MR) is 80.9 cm³/mol. The van der Waals surface area contributed by atoms with E-state index < -0.39 is 17.2 Å². The van der Waals surface area contributed by atoms with Gasteiger partial charge in [0.05, 0.1) is 15.3 Å². The van der Waals surface area contributed by atoms with Crippen LogP contribution in [0.4, 0.5) is 4.79 Å². The van der Waals surface area contributed by atoms with Crippen molar-refractivity contribution in [2.24, 2.45) is 0 Å². The fourth-order valence-electron chi connectivity index (χ4n) is 1.47. The van der Waals surface area contributed by atoms with Crippen molar-refractivity contribution in [1.29, 1.82) is 0 Å². The van der Waals surface area contributed by atoms with E-state index in [-0.39, 0.29) is 0 Å². The molecular weight excluding hydrogens is 337 g/mol. The normalized spacial score (nSPS) is 12.2. The molecule has 21 heavy (non-hydrogen) atoms. The van der Waals surface area contributed by atoms with Crippen LogP contribution < -0.4 is 10.6 Å². The highest BCUT2D eigenvalue weighted by atomic mass is 35.5. The smallest absolute Gasteiger partial charge is 0.321 e. The first kappa shape index (κ1) is 15.9. The molecule has 0 saturated heterocycles. The zero-order valence-electron chi connectivity index (χ0n) is 11.1. The van der Waals surface area contributed by atoms with Crippen molar-refractivity contribution in [1.82, 2.24) is 25.2 Å². The number of amides is 3. The average molecular weight is 348 g/mol. The summed E-state index contributed by atoms with van der Waals surface area (Å²) < 4.78 is 1.60. The number of carbonyl (C=O) groups is 2. The number of urea groups is 1. The van der Waals surface area contributed by atoms with E-state index in [2.05, 4.69) is 20.8 Å². The number of fused-ring (bicyclic) bond motifs is 1. The van der Waals surface area contributed by atoms with Gasteiger partial charge in [-0.05, 0) is 13.0 Å². The second kappa shape index (κ2) is 6.50. The van der Waals surface area contributed by atoms with Crippen LogP contribution in [-0.4, -0.2) is 38.8 Å². The molecule has 0 aliphatic rings. The molecular formula is C11H11Cl2N5O2S. The fraction of sp³-hybridized carbons (Fsp3) is 0.273. The summed E-state index contributed by atoms with van der Waals surface area (Å²) >= 11 is 13.1. The van der Waals surface area contributed by atoms with Crippen LogP contribution in [0.5, 0.6) is 0 Å². The van der Waals surface area contributed by atoms with Gasteiger partial charge in [0, 0.05) is 13.2 Å². The van der Waals surface area contributed by atoms with E-state index in [1.54, 1.807) is 23.6 Å². The number of imide groups is 1. The fourth-order valence-corrected chi connectivity index (χ4v) is 2.80. The third kappa shape index (κ3) is 3.58. The van der Waals surface area contributed by atoms with Gasteiger partial charge < -0.3 is 5.32 Å². The third-order valence-corrected chi connectivity index (χ3v) is 4.05. The predicted octanol–water partition coefficient (Wildman–Crippen LogP) is 1.97. The van der Waals surface area contributed by atoms with Crippen LogP contribution >= 0.6 is 35.0 Å². The summed E-state index contributed by atoms with van der Waals surface area (Å²) in [6.07, 6.45) is 1.61. The van der Waals surface area contributed by atoms with E-state index in [9.17, 15) is 9.59 Å². The maximum Gasteiger partial charge on any atom is 0.321 e. The molecule has 0 spiro atoms. The van der Waals surface area contributed by atoms with E-state index in [1.807, 2.05) is 0 Å². The Morgan fingerprint density at radius 3 is 2.76 bits per heavy atom. The standard InChI is InChI=1S/C11H11Cl2N5O2S/c1-5(9(19)15-10(20)14-2)21-11-17-16-8-7(13)3-6(12)4-18(8)11/h3-5H,1-2H3,(H2,14,15,19,20). The number of aromatic nitrogens is 3. The van der Waals surface area contributed by atoms with Crippen molar-refractivity contribution >= 4 is 52.5 Å². The zero-order chi connectivity index (χ0) is 15.6. The molecule has 3 amide bonds. The summed E-state index contributed by atoms with van der Waals surface area (Å²) in [5.74, 6) is -0.441. The Bertz CT molecular complexity index is 705. The number of halogens is 2. The Kier molecular flexibility index (Phi) is 4.92. The minimum absolute atomic E-state index is 0.365. The summed E-state index contributed by atoms with van der Waals surface area (Å²) in [5.41, 5.74) is 0.447. The number of thioether (sulfide) groups is 1. The molecule has 2 rings (SSSR count). The summed E-state index contributed by atoms with van der Waals surface area (Å²) in [6.45, 7) is 1.65. The van der Waals surface area contributed by atoms with Crippen LogP contribution in [0.15, 0.2) is 17.4 Å². The van der Waals surface area contributed by atoms with Crippen LogP contribution in [0.2, 0.25) is 10.0 Å². The molecule has 1 unspecified atom stereocenters. The Hall–Kier alpha value is -1.51. The molecule has 0 aliphatic carbocycles. The van der Waals surface area contributed by atoms with Crippen LogP contribution in [0, 0.1) is 0 Å². The number of nitrogens with zero attached hydrogens (tertiary/aromatic N) is 3. The molecule has 0 aromatic carbocycles. The third-order valence-electron chi connectivity index (χ3n) is 2.51. The second-order valence-electron chi connectivity index (χ2n) is 4.01. The van der Waals surface area contributed by atoms with Crippen molar-refractivity contribution in [3.63, 3.8) is 0 Å². The Morgan fingerprint density at radius 2 is 2.10 bits per heavy atom. The monoisotopic (exact) mass is 347 g/mol. The van der Waals surface area contributed by atoms with Crippen LogP contribution in [0.25, 0.3) is 5.65 Å². The molecule has 112 valence electrons. The summed E-state index contributed by atoms with van der Waals surface area (Å²) in [5, 5.41) is 13.1. The first-order chi connectivity index (χ1) is 9.92. The summed E-state index contributed by atoms with van der Waals surface area (Å²) in [7, 11) is 1.43. The van der Waals surface area contributed by atoms with Gasteiger partial charge in [0.15, 0.2) is 10.8 Å². The summed E-state index contributed by atoms with van der Waals surface area (Å²) in [6, 6.07) is 0.994. The summed E-state index contributed by atoms with van der Waals surface area (Å²) in [4.78, 5) is 22.9. The number of nitrogens with one attached hydrogen (secondary N) is 2. The van der Waals surface area contributed by atoms with Gasteiger partial charge in [-0.15, -0.1) is 10.2 Å². The van der Waals surface area contributed by atoms with Gasteiger partial charge in [-0.25, -0.2) is 4.79 Å². The number of rotatable bonds is 3. The van der Waals surface area contributed by atoms with Crippen molar-refractivity contribution in [3.05, 3.63) is 22.3 Å². The molecule has 2 N–H and O–H groups in total. The molecule has 2 aromatic heterocycles. The molecule has 0 bridgehead atoms. The lowest BCUT2D eigenvalue weighted by molar-refractivity contribution is -0.119. The first-order valence-corrected chi connectivity index (χ1v) is 7.45. The lowest BCUT2D eigenvalue weighted by atomic mass is 10.4. The zero-order valence-corrected chi connectivity index (χ0v) is 13.4. The van der Waals surface area contributed by atoms with E-state index in [0.717, 1.165) is 11.8 Å². The van der Waals surface area contributed by atoms with Gasteiger partial charge in [-0.3, -0.25) is 14.5 Å². The number of hydrogen-bond acceptors (Lipinski definition) is 5. The molecule has 2 aromatic rings. The molecule has 1 atom stereocenters. The maximum atomic E-state index is 11.8. The lowest BCUT2D eigenvalue weighted by Crippen LogP contribution is -2.41. The minimum Gasteiger partial charge on any atom is -0.341 e. The molecule has 0 aliphatic heterocycles. The van der Waals surface area contributed by atoms with Gasteiger partial charge >= 0.3 is 6.03 Å². The van der Waals surface area contributed by atoms with Gasteiger partial charge in [-0.2, -0.15) is 0 Å². The van der Waals surface area contributed by atoms with E-state index in [4.69, 9.17) is 23.2 Å². The Labute approximate surface area is 134 Å². The van der Waals surface area contributed by atoms with Crippen molar-refractivity contribution in [2.75, 3.05) is 7.05 Å². The second-order valence-corrected chi connectivity index (χ2v) is 6.16. The van der Waals surface area contributed by atoms with Gasteiger partial charge in [0.1, 0.15) is 0 Å². The number of carbonyl (C=O) groups excluding carboxylic acids is 2. The van der Waals surface area contributed by atoms with Gasteiger partial charge in [-0.1, -0.05) is 35.0 Å². The van der Waals surface area contributed by atoms with E-state index in [1.165, 1.54) is 7.05 Å². The highest BCUT2D eigenvalue weighted by Crippen LogP contribution is 2.27. The van der Waals surface area contributed by atoms with Crippen molar-refractivity contribution < 1.29 is 9.59 Å². The Balaban J connectivity index is 2.20. The molecule has 0 fully saturated rings. The van der Waals surface area contributed by atoms with E-state index >= 15 is 0 Å². The lowest BCUT2D eigenvalue weighted by Gasteiger charge is -2.09. The molecule has 10 heteroatoms. The first-order valence-electron chi connectivity index (χ1n) is 5.81. The maximum absolute atomic E-state index is 11.8. The van der Waals surface area contributed by atoms with Crippen molar-refractivity contribution in [3.8, 4) is 0 Å². The number of pyridine rings is 1. The molecule has 7 nitrogen and oxygen atoms in total. The highest BCUT2D eigenvalue weighted by molar-refractivity contribution is 8.00. The quantitative estimate of drug-likeness (QED) is 0.828.